The summed E-state index contributed by atoms with van der Waals surface area (Å²) in [7, 11) is 5.38. The summed E-state index contributed by atoms with van der Waals surface area (Å²) in [5.41, 5.74) is 2.47. The molecule has 1 aromatic carbocycles. The number of aliphatic hydroxyl groups excluding tert-OH is 1. The van der Waals surface area contributed by atoms with Crippen LogP contribution in [-0.4, -0.2) is 43.9 Å². The van der Waals surface area contributed by atoms with Gasteiger partial charge in [0.25, 0.3) is 0 Å². The first-order valence-electron chi connectivity index (χ1n) is 7.36. The summed E-state index contributed by atoms with van der Waals surface area (Å²) < 4.78 is 10.8. The molecule has 122 valence electrons. The minimum atomic E-state index is -0.499. The number of nitrogens with zero attached hydrogens (tertiary/aromatic N) is 1. The second-order valence-corrected chi connectivity index (χ2v) is 5.19. The normalized spacial score (nSPS) is 18.5. The van der Waals surface area contributed by atoms with Crippen LogP contribution in [0, 0.1) is 0 Å². The van der Waals surface area contributed by atoms with Gasteiger partial charge in [-0.15, -0.1) is 19.7 Å². The molecule has 1 aliphatic heterocycles. The summed E-state index contributed by atoms with van der Waals surface area (Å²) >= 11 is 0. The Kier molecular flexibility index (Phi) is 7.15. The van der Waals surface area contributed by atoms with Gasteiger partial charge in [0.2, 0.25) is 0 Å². The smallest absolute Gasteiger partial charge is 0.161 e. The molecular formula is C18H27NO3. The van der Waals surface area contributed by atoms with E-state index >= 15 is 0 Å². The van der Waals surface area contributed by atoms with E-state index in [0.29, 0.717) is 6.42 Å². The lowest BCUT2D eigenvalue weighted by atomic mass is 9.89. The van der Waals surface area contributed by atoms with Gasteiger partial charge in [-0.3, -0.25) is 4.90 Å². The van der Waals surface area contributed by atoms with Gasteiger partial charge in [-0.05, 0) is 43.1 Å². The van der Waals surface area contributed by atoms with Crippen LogP contribution in [0.4, 0.5) is 0 Å². The number of fused-ring (bicyclic) bond motifs is 1. The largest absolute Gasteiger partial charge is 0.493 e. The van der Waals surface area contributed by atoms with E-state index in [-0.39, 0.29) is 6.04 Å². The fraction of sp³-hybridized carbons (Fsp3) is 0.444. The maximum absolute atomic E-state index is 9.88. The number of methoxy groups -OCH3 is 2. The lowest BCUT2D eigenvalue weighted by Gasteiger charge is -2.36. The summed E-state index contributed by atoms with van der Waals surface area (Å²) in [4.78, 5) is 2.26. The van der Waals surface area contributed by atoms with E-state index in [2.05, 4.69) is 37.8 Å². The molecule has 0 aliphatic carbocycles. The Labute approximate surface area is 133 Å². The summed E-state index contributed by atoms with van der Waals surface area (Å²) in [5, 5.41) is 9.88. The van der Waals surface area contributed by atoms with Crippen LogP contribution >= 0.6 is 0 Å². The molecule has 0 fully saturated rings. The van der Waals surface area contributed by atoms with Gasteiger partial charge in [0.1, 0.15) is 0 Å². The zero-order valence-electron chi connectivity index (χ0n) is 13.8. The van der Waals surface area contributed by atoms with E-state index in [4.69, 9.17) is 9.47 Å². The van der Waals surface area contributed by atoms with Crippen LogP contribution in [0.3, 0.4) is 0 Å². The molecule has 0 radical (unpaired) electrons. The number of ether oxygens (including phenoxy) is 2. The zero-order chi connectivity index (χ0) is 16.7. The Balaban J connectivity index is 0.00000116. The van der Waals surface area contributed by atoms with Crippen LogP contribution in [0.1, 0.15) is 23.6 Å². The van der Waals surface area contributed by atoms with E-state index in [0.717, 1.165) is 24.5 Å². The van der Waals surface area contributed by atoms with Crippen molar-refractivity contribution >= 4 is 0 Å². The van der Waals surface area contributed by atoms with Crippen LogP contribution in [0.2, 0.25) is 0 Å². The Hall–Kier alpha value is -1.78. The van der Waals surface area contributed by atoms with Crippen LogP contribution < -0.4 is 9.47 Å². The van der Waals surface area contributed by atoms with Crippen molar-refractivity contribution in [1.29, 1.82) is 0 Å². The van der Waals surface area contributed by atoms with Gasteiger partial charge in [-0.2, -0.15) is 0 Å². The van der Waals surface area contributed by atoms with Gasteiger partial charge >= 0.3 is 0 Å². The first-order valence-corrected chi connectivity index (χ1v) is 7.36. The standard InChI is InChI=1S/C16H23NO3.C2H4/c1-5-12(18)9-14-13-10-16(20-4)15(19-3)8-11(13)6-7-17(14)2;1-2/h5,8,10,12,14,18H,1,6-7,9H2,2-4H3;1-2H2/t12?,14-;/m0./s1. The fourth-order valence-corrected chi connectivity index (χ4v) is 2.79. The molecule has 1 aliphatic rings. The Morgan fingerprint density at radius 1 is 1.32 bits per heavy atom. The highest BCUT2D eigenvalue weighted by molar-refractivity contribution is 5.49. The topological polar surface area (TPSA) is 41.9 Å². The third-order valence-corrected chi connectivity index (χ3v) is 4.01. The van der Waals surface area contributed by atoms with Crippen molar-refractivity contribution in [3.63, 3.8) is 0 Å². The van der Waals surface area contributed by atoms with Crippen molar-refractivity contribution < 1.29 is 14.6 Å². The van der Waals surface area contributed by atoms with E-state index in [1.165, 1.54) is 11.1 Å². The Morgan fingerprint density at radius 3 is 2.45 bits per heavy atom. The number of hydrogen-bond donors (Lipinski definition) is 1. The average molecular weight is 305 g/mol. The predicted molar refractivity (Wildman–Crippen MR) is 90.7 cm³/mol. The highest BCUT2D eigenvalue weighted by Gasteiger charge is 2.27. The predicted octanol–water partition coefficient (Wildman–Crippen LogP) is 2.97. The Bertz CT molecular complexity index is 501. The summed E-state index contributed by atoms with van der Waals surface area (Å²) in [6.45, 7) is 10.6. The van der Waals surface area contributed by atoms with Gasteiger partial charge in [-0.1, -0.05) is 6.08 Å². The van der Waals surface area contributed by atoms with Gasteiger partial charge < -0.3 is 14.6 Å². The van der Waals surface area contributed by atoms with Crippen LogP contribution in [-0.2, 0) is 6.42 Å². The molecule has 4 heteroatoms. The van der Waals surface area contributed by atoms with Crippen molar-refractivity contribution in [2.75, 3.05) is 27.8 Å². The quantitative estimate of drug-likeness (QED) is 0.849. The third kappa shape index (κ3) is 3.90. The number of likely N-dealkylation sites (N-methyl/N-ethyl adjacent to an activating group) is 1. The van der Waals surface area contributed by atoms with Crippen molar-refractivity contribution in [2.24, 2.45) is 0 Å². The molecule has 0 saturated carbocycles. The number of hydrogen-bond acceptors (Lipinski definition) is 4. The van der Waals surface area contributed by atoms with E-state index in [1.807, 2.05) is 6.07 Å². The minimum absolute atomic E-state index is 0.173. The maximum atomic E-state index is 9.88. The minimum Gasteiger partial charge on any atom is -0.493 e. The van der Waals surface area contributed by atoms with Crippen molar-refractivity contribution in [3.05, 3.63) is 49.1 Å². The third-order valence-electron chi connectivity index (χ3n) is 4.01. The molecule has 2 atom stereocenters. The molecule has 1 aromatic rings. The summed E-state index contributed by atoms with van der Waals surface area (Å²) in [6.07, 6.45) is 2.71. The monoisotopic (exact) mass is 305 g/mol. The van der Waals surface area contributed by atoms with Crippen LogP contribution in [0.5, 0.6) is 11.5 Å². The lowest BCUT2D eigenvalue weighted by molar-refractivity contribution is 0.139. The van der Waals surface area contributed by atoms with Gasteiger partial charge in [0, 0.05) is 12.6 Å². The van der Waals surface area contributed by atoms with Crippen LogP contribution in [0.15, 0.2) is 37.9 Å². The van der Waals surface area contributed by atoms with Gasteiger partial charge in [-0.25, -0.2) is 0 Å². The SMILES string of the molecule is C=C.C=CC(O)C[C@H]1c2cc(OC)c(OC)cc2CCN1C. The molecule has 0 spiro atoms. The average Bonchev–Trinajstić information content (AvgIpc) is 2.57. The van der Waals surface area contributed by atoms with E-state index in [1.54, 1.807) is 20.3 Å². The highest BCUT2D eigenvalue weighted by Crippen LogP contribution is 2.39. The second kappa shape index (κ2) is 8.61. The van der Waals surface area contributed by atoms with Gasteiger partial charge in [0.15, 0.2) is 11.5 Å². The molecule has 0 bridgehead atoms. The Morgan fingerprint density at radius 2 is 1.91 bits per heavy atom. The maximum Gasteiger partial charge on any atom is 0.161 e. The van der Waals surface area contributed by atoms with E-state index in [9.17, 15) is 5.11 Å². The lowest BCUT2D eigenvalue weighted by Crippen LogP contribution is -2.34. The van der Waals surface area contributed by atoms with Gasteiger partial charge in [0.05, 0.1) is 20.3 Å². The number of aliphatic hydroxyl groups is 1. The highest BCUT2D eigenvalue weighted by atomic mass is 16.5. The molecule has 0 aromatic heterocycles. The molecule has 0 amide bonds. The molecule has 1 heterocycles. The van der Waals surface area contributed by atoms with E-state index < -0.39 is 6.10 Å². The number of benzene rings is 1. The molecule has 22 heavy (non-hydrogen) atoms. The fourth-order valence-electron chi connectivity index (χ4n) is 2.79. The zero-order valence-corrected chi connectivity index (χ0v) is 13.8. The second-order valence-electron chi connectivity index (χ2n) is 5.19. The molecule has 2 rings (SSSR count). The molecule has 0 saturated heterocycles. The first kappa shape index (κ1) is 18.3. The molecule has 1 unspecified atom stereocenters. The molecule has 1 N–H and O–H groups in total. The molecule has 4 nitrogen and oxygen atoms in total. The summed E-state index contributed by atoms with van der Waals surface area (Å²) in [6, 6.07) is 4.25. The first-order chi connectivity index (χ1) is 10.6. The van der Waals surface area contributed by atoms with Crippen molar-refractivity contribution in [3.8, 4) is 11.5 Å². The van der Waals surface area contributed by atoms with Crippen LogP contribution in [0.25, 0.3) is 0 Å². The number of rotatable bonds is 5. The summed E-state index contributed by atoms with van der Waals surface area (Å²) in [5.74, 6) is 1.50. The van der Waals surface area contributed by atoms with Crippen molar-refractivity contribution in [2.45, 2.75) is 25.0 Å². The molecular weight excluding hydrogens is 278 g/mol. The van der Waals surface area contributed by atoms with Crippen molar-refractivity contribution in [1.82, 2.24) is 4.90 Å².